The van der Waals surface area contributed by atoms with Gasteiger partial charge in [-0.2, -0.15) is 0 Å². The maximum atomic E-state index is 11.1. The van der Waals surface area contributed by atoms with Crippen LogP contribution in [0.1, 0.15) is 31.7 Å². The number of methoxy groups -OCH3 is 1. The summed E-state index contributed by atoms with van der Waals surface area (Å²) in [6.07, 6.45) is 3.19. The molecule has 3 nitrogen and oxygen atoms in total. The zero-order chi connectivity index (χ0) is 12.3. The van der Waals surface area contributed by atoms with Gasteiger partial charge in [0.25, 0.3) is 0 Å². The van der Waals surface area contributed by atoms with Crippen LogP contribution in [0.25, 0.3) is 0 Å². The molecular weight excluding hydrogens is 216 g/mol. The van der Waals surface area contributed by atoms with Crippen molar-refractivity contribution in [2.24, 2.45) is 0 Å². The SMILES string of the molecule is COc1ccc(CCC2(C)CCC(=O)O2)cc1. The summed E-state index contributed by atoms with van der Waals surface area (Å²) in [4.78, 5) is 11.1. The molecule has 0 radical (unpaired) electrons. The molecule has 1 fully saturated rings. The molecule has 0 saturated carbocycles. The largest absolute Gasteiger partial charge is 0.497 e. The third-order valence-electron chi connectivity index (χ3n) is 3.32. The topological polar surface area (TPSA) is 35.5 Å². The number of carbonyl (C=O) groups is 1. The van der Waals surface area contributed by atoms with Gasteiger partial charge in [0, 0.05) is 6.42 Å². The number of ether oxygens (including phenoxy) is 2. The molecule has 1 aliphatic heterocycles. The summed E-state index contributed by atoms with van der Waals surface area (Å²) in [7, 11) is 1.66. The average Bonchev–Trinajstić information content (AvgIpc) is 2.68. The summed E-state index contributed by atoms with van der Waals surface area (Å²) in [6, 6.07) is 8.02. The first-order valence-corrected chi connectivity index (χ1v) is 5.96. The highest BCUT2D eigenvalue weighted by atomic mass is 16.6. The molecule has 0 bridgehead atoms. The van der Waals surface area contributed by atoms with Gasteiger partial charge in [-0.05, 0) is 43.9 Å². The summed E-state index contributed by atoms with van der Waals surface area (Å²) >= 11 is 0. The fourth-order valence-corrected chi connectivity index (χ4v) is 2.12. The van der Waals surface area contributed by atoms with Gasteiger partial charge in [0.15, 0.2) is 0 Å². The monoisotopic (exact) mass is 234 g/mol. The van der Waals surface area contributed by atoms with Crippen LogP contribution in [0.2, 0.25) is 0 Å². The van der Waals surface area contributed by atoms with Crippen LogP contribution in [-0.2, 0) is 16.0 Å². The minimum atomic E-state index is -0.267. The number of benzene rings is 1. The molecule has 92 valence electrons. The Morgan fingerprint density at radius 3 is 2.59 bits per heavy atom. The van der Waals surface area contributed by atoms with E-state index in [4.69, 9.17) is 9.47 Å². The Morgan fingerprint density at radius 1 is 1.35 bits per heavy atom. The lowest BCUT2D eigenvalue weighted by Gasteiger charge is -2.22. The van der Waals surface area contributed by atoms with E-state index in [-0.39, 0.29) is 11.6 Å². The van der Waals surface area contributed by atoms with Crippen molar-refractivity contribution in [1.82, 2.24) is 0 Å². The van der Waals surface area contributed by atoms with Crippen molar-refractivity contribution in [2.75, 3.05) is 7.11 Å². The fraction of sp³-hybridized carbons (Fsp3) is 0.500. The molecule has 0 N–H and O–H groups in total. The van der Waals surface area contributed by atoms with Crippen LogP contribution in [0.5, 0.6) is 5.75 Å². The van der Waals surface area contributed by atoms with Crippen molar-refractivity contribution >= 4 is 5.97 Å². The van der Waals surface area contributed by atoms with E-state index in [2.05, 4.69) is 12.1 Å². The van der Waals surface area contributed by atoms with E-state index in [9.17, 15) is 4.79 Å². The van der Waals surface area contributed by atoms with Crippen molar-refractivity contribution in [1.29, 1.82) is 0 Å². The van der Waals surface area contributed by atoms with Gasteiger partial charge >= 0.3 is 5.97 Å². The predicted molar refractivity (Wildman–Crippen MR) is 65.0 cm³/mol. The van der Waals surface area contributed by atoms with Gasteiger partial charge in [0.1, 0.15) is 11.4 Å². The first kappa shape index (κ1) is 12.0. The molecule has 1 unspecified atom stereocenters. The molecule has 0 aromatic heterocycles. The first-order valence-electron chi connectivity index (χ1n) is 5.96. The number of hydrogen-bond acceptors (Lipinski definition) is 3. The molecule has 1 saturated heterocycles. The van der Waals surface area contributed by atoms with Crippen LogP contribution >= 0.6 is 0 Å². The molecule has 1 heterocycles. The molecule has 0 spiro atoms. The average molecular weight is 234 g/mol. The highest BCUT2D eigenvalue weighted by Gasteiger charge is 2.34. The van der Waals surface area contributed by atoms with Crippen LogP contribution in [-0.4, -0.2) is 18.7 Å². The minimum absolute atomic E-state index is 0.0674. The van der Waals surface area contributed by atoms with Crippen molar-refractivity contribution in [3.63, 3.8) is 0 Å². The number of aryl methyl sites for hydroxylation is 1. The van der Waals surface area contributed by atoms with E-state index in [0.717, 1.165) is 25.0 Å². The Kier molecular flexibility index (Phi) is 3.36. The quantitative estimate of drug-likeness (QED) is 0.751. The highest BCUT2D eigenvalue weighted by Crippen LogP contribution is 2.30. The lowest BCUT2D eigenvalue weighted by molar-refractivity contribution is -0.147. The van der Waals surface area contributed by atoms with Crippen LogP contribution in [0.3, 0.4) is 0 Å². The molecule has 1 atom stereocenters. The summed E-state index contributed by atoms with van der Waals surface area (Å²) in [5, 5.41) is 0. The molecule has 3 heteroatoms. The standard InChI is InChI=1S/C14H18O3/c1-14(10-8-13(15)17-14)9-7-11-3-5-12(16-2)6-4-11/h3-6H,7-10H2,1-2H3. The third-order valence-corrected chi connectivity index (χ3v) is 3.32. The van der Waals surface area contributed by atoms with Crippen LogP contribution in [0, 0.1) is 0 Å². The maximum absolute atomic E-state index is 11.1. The van der Waals surface area contributed by atoms with Crippen LogP contribution in [0.4, 0.5) is 0 Å². The van der Waals surface area contributed by atoms with Crippen molar-refractivity contribution in [3.05, 3.63) is 29.8 Å². The van der Waals surface area contributed by atoms with Crippen molar-refractivity contribution < 1.29 is 14.3 Å². The summed E-state index contributed by atoms with van der Waals surface area (Å²) < 4.78 is 10.5. The maximum Gasteiger partial charge on any atom is 0.306 e. The smallest absolute Gasteiger partial charge is 0.306 e. The first-order chi connectivity index (χ1) is 8.11. The normalized spacial score (nSPS) is 23.5. The predicted octanol–water partition coefficient (Wildman–Crippen LogP) is 2.72. The molecular formula is C14H18O3. The minimum Gasteiger partial charge on any atom is -0.497 e. The number of hydrogen-bond donors (Lipinski definition) is 0. The Hall–Kier alpha value is -1.51. The van der Waals surface area contributed by atoms with Gasteiger partial charge in [-0.15, -0.1) is 0 Å². The second kappa shape index (κ2) is 4.78. The van der Waals surface area contributed by atoms with E-state index in [0.29, 0.717) is 6.42 Å². The number of rotatable bonds is 4. The molecule has 0 aliphatic carbocycles. The van der Waals surface area contributed by atoms with E-state index in [1.165, 1.54) is 5.56 Å². The Bertz CT molecular complexity index is 396. The second-order valence-corrected chi connectivity index (χ2v) is 4.77. The fourth-order valence-electron chi connectivity index (χ4n) is 2.12. The highest BCUT2D eigenvalue weighted by molar-refractivity contribution is 5.72. The number of carbonyl (C=O) groups excluding carboxylic acids is 1. The van der Waals surface area contributed by atoms with Crippen molar-refractivity contribution in [2.45, 2.75) is 38.2 Å². The Labute approximate surface area is 102 Å². The molecule has 1 aromatic carbocycles. The molecule has 1 aliphatic rings. The molecule has 17 heavy (non-hydrogen) atoms. The van der Waals surface area contributed by atoms with E-state index in [1.807, 2.05) is 19.1 Å². The van der Waals surface area contributed by atoms with Gasteiger partial charge in [-0.1, -0.05) is 12.1 Å². The van der Waals surface area contributed by atoms with E-state index in [1.54, 1.807) is 7.11 Å². The van der Waals surface area contributed by atoms with Gasteiger partial charge < -0.3 is 9.47 Å². The van der Waals surface area contributed by atoms with Crippen LogP contribution < -0.4 is 4.74 Å². The van der Waals surface area contributed by atoms with Crippen LogP contribution in [0.15, 0.2) is 24.3 Å². The summed E-state index contributed by atoms with van der Waals surface area (Å²) in [6.45, 7) is 2.02. The molecule has 2 rings (SSSR count). The van der Waals surface area contributed by atoms with Gasteiger partial charge in [0.05, 0.1) is 7.11 Å². The zero-order valence-electron chi connectivity index (χ0n) is 10.4. The molecule has 0 amide bonds. The number of cyclic esters (lactones) is 1. The lowest BCUT2D eigenvalue weighted by atomic mass is 9.94. The zero-order valence-corrected chi connectivity index (χ0v) is 10.4. The van der Waals surface area contributed by atoms with Gasteiger partial charge in [-0.3, -0.25) is 4.79 Å². The summed E-state index contributed by atoms with van der Waals surface area (Å²) in [5.41, 5.74) is 0.978. The second-order valence-electron chi connectivity index (χ2n) is 4.77. The number of esters is 1. The van der Waals surface area contributed by atoms with E-state index >= 15 is 0 Å². The van der Waals surface area contributed by atoms with Crippen molar-refractivity contribution in [3.8, 4) is 5.75 Å². The lowest BCUT2D eigenvalue weighted by Crippen LogP contribution is -2.24. The Balaban J connectivity index is 1.91. The third kappa shape index (κ3) is 2.99. The summed E-state index contributed by atoms with van der Waals surface area (Å²) in [5.74, 6) is 0.800. The Morgan fingerprint density at radius 2 is 2.06 bits per heavy atom. The van der Waals surface area contributed by atoms with Gasteiger partial charge in [0.2, 0.25) is 0 Å². The molecule has 1 aromatic rings. The van der Waals surface area contributed by atoms with E-state index < -0.39 is 0 Å². The van der Waals surface area contributed by atoms with Gasteiger partial charge in [-0.25, -0.2) is 0 Å².